The SMILES string of the molecule is Cc1cc(OCC(=O)N=CC2CCC(CCN3CCc4ccc(OCC(F)(F)F)nc4CC3)CC2)no1. The molecule has 0 spiro atoms. The molecule has 37 heavy (non-hydrogen) atoms. The second-order valence-corrected chi connectivity index (χ2v) is 9.81. The highest BCUT2D eigenvalue weighted by Crippen LogP contribution is 2.30. The van der Waals surface area contributed by atoms with Crippen LogP contribution in [0.5, 0.6) is 11.8 Å². The van der Waals surface area contributed by atoms with Gasteiger partial charge in [-0.3, -0.25) is 4.79 Å². The summed E-state index contributed by atoms with van der Waals surface area (Å²) in [7, 11) is 0. The van der Waals surface area contributed by atoms with Gasteiger partial charge in [0.1, 0.15) is 5.76 Å². The van der Waals surface area contributed by atoms with Gasteiger partial charge in [-0.1, -0.05) is 6.07 Å². The fourth-order valence-electron chi connectivity index (χ4n) is 4.83. The number of aromatic nitrogens is 2. The molecule has 4 rings (SSSR count). The summed E-state index contributed by atoms with van der Waals surface area (Å²) >= 11 is 0. The van der Waals surface area contributed by atoms with E-state index in [1.165, 1.54) is 6.07 Å². The van der Waals surface area contributed by atoms with Gasteiger partial charge in [0.25, 0.3) is 11.8 Å². The Bertz CT molecular complexity index is 1060. The van der Waals surface area contributed by atoms with Gasteiger partial charge in [0.2, 0.25) is 5.88 Å². The summed E-state index contributed by atoms with van der Waals surface area (Å²) in [6.07, 6.45) is 4.28. The zero-order valence-electron chi connectivity index (χ0n) is 21.0. The van der Waals surface area contributed by atoms with Crippen LogP contribution >= 0.6 is 0 Å². The number of aryl methyl sites for hydroxylation is 1. The van der Waals surface area contributed by atoms with E-state index >= 15 is 0 Å². The summed E-state index contributed by atoms with van der Waals surface area (Å²) in [5.74, 6) is 1.55. The molecule has 0 aromatic carbocycles. The van der Waals surface area contributed by atoms with Crippen molar-refractivity contribution in [1.82, 2.24) is 15.0 Å². The Morgan fingerprint density at radius 2 is 1.95 bits per heavy atom. The first kappa shape index (κ1) is 27.1. The van der Waals surface area contributed by atoms with Crippen LogP contribution in [0.2, 0.25) is 0 Å². The van der Waals surface area contributed by atoms with E-state index in [1.807, 2.05) is 6.07 Å². The molecule has 8 nitrogen and oxygen atoms in total. The van der Waals surface area contributed by atoms with E-state index in [-0.39, 0.29) is 24.3 Å². The van der Waals surface area contributed by atoms with Crippen molar-refractivity contribution < 1.29 is 32.0 Å². The van der Waals surface area contributed by atoms with E-state index < -0.39 is 12.8 Å². The first-order valence-corrected chi connectivity index (χ1v) is 12.8. The normalized spacial score (nSPS) is 21.0. The maximum atomic E-state index is 12.4. The molecule has 202 valence electrons. The van der Waals surface area contributed by atoms with E-state index in [1.54, 1.807) is 19.2 Å². The fourth-order valence-corrected chi connectivity index (χ4v) is 4.83. The van der Waals surface area contributed by atoms with Crippen LogP contribution in [0.1, 0.15) is 49.1 Å². The van der Waals surface area contributed by atoms with Gasteiger partial charge >= 0.3 is 6.18 Å². The van der Waals surface area contributed by atoms with Crippen LogP contribution in [-0.4, -0.2) is 66.2 Å². The molecule has 0 unspecified atom stereocenters. The summed E-state index contributed by atoms with van der Waals surface area (Å²) in [6.45, 7) is 3.01. The number of halogens is 3. The predicted molar refractivity (Wildman–Crippen MR) is 130 cm³/mol. The van der Waals surface area contributed by atoms with E-state index in [2.05, 4.69) is 20.0 Å². The molecule has 0 radical (unpaired) electrons. The minimum absolute atomic E-state index is 0.0316. The molecule has 0 saturated heterocycles. The lowest BCUT2D eigenvalue weighted by Gasteiger charge is -2.28. The highest BCUT2D eigenvalue weighted by molar-refractivity contribution is 5.86. The summed E-state index contributed by atoms with van der Waals surface area (Å²) in [6, 6.07) is 4.99. The van der Waals surface area contributed by atoms with Crippen molar-refractivity contribution in [3.05, 3.63) is 35.2 Å². The third-order valence-electron chi connectivity index (χ3n) is 6.91. The summed E-state index contributed by atoms with van der Waals surface area (Å²) in [5, 5.41) is 3.68. The third kappa shape index (κ3) is 8.84. The second kappa shape index (κ2) is 12.5. The number of carbonyl (C=O) groups excluding carboxylic acids is 1. The van der Waals surface area contributed by atoms with Crippen LogP contribution in [0.15, 0.2) is 27.7 Å². The number of nitrogens with zero attached hydrogens (tertiary/aromatic N) is 4. The number of aliphatic imine (C=N–C) groups is 1. The number of carbonyl (C=O) groups is 1. The van der Waals surface area contributed by atoms with Gasteiger partial charge in [0, 0.05) is 43.6 Å². The number of hydrogen-bond donors (Lipinski definition) is 0. The largest absolute Gasteiger partial charge is 0.468 e. The highest BCUT2D eigenvalue weighted by Gasteiger charge is 2.29. The van der Waals surface area contributed by atoms with Crippen LogP contribution in [0.4, 0.5) is 13.2 Å². The average molecular weight is 523 g/mol. The molecule has 1 saturated carbocycles. The van der Waals surface area contributed by atoms with Crippen molar-refractivity contribution in [2.24, 2.45) is 16.8 Å². The Morgan fingerprint density at radius 3 is 2.68 bits per heavy atom. The van der Waals surface area contributed by atoms with Crippen molar-refractivity contribution in [2.75, 3.05) is 32.8 Å². The van der Waals surface area contributed by atoms with Crippen LogP contribution < -0.4 is 9.47 Å². The van der Waals surface area contributed by atoms with Gasteiger partial charge in [-0.15, -0.1) is 0 Å². The first-order chi connectivity index (χ1) is 17.7. The standard InChI is InChI=1S/C26H33F3N4O4/c1-18-14-25(32-37-18)35-16-23(34)30-15-20-4-2-19(3-5-20)8-11-33-12-9-21-6-7-24(31-22(21)10-13-33)36-17-26(27,28)29/h6-7,14-15,19-20H,2-5,8-13,16-17H2,1H3. The van der Waals surface area contributed by atoms with Crippen LogP contribution in [0.25, 0.3) is 0 Å². The Morgan fingerprint density at radius 1 is 1.16 bits per heavy atom. The number of alkyl halides is 3. The maximum Gasteiger partial charge on any atom is 0.422 e. The van der Waals surface area contributed by atoms with Gasteiger partial charge in [0.15, 0.2) is 13.2 Å². The maximum absolute atomic E-state index is 12.4. The van der Waals surface area contributed by atoms with Crippen molar-refractivity contribution in [2.45, 2.75) is 58.0 Å². The molecule has 2 aromatic rings. The molecular formula is C26H33F3N4O4. The quantitative estimate of drug-likeness (QED) is 0.445. The van der Waals surface area contributed by atoms with E-state index in [9.17, 15) is 18.0 Å². The Labute approximate surface area is 214 Å². The van der Waals surface area contributed by atoms with Crippen molar-refractivity contribution in [1.29, 1.82) is 0 Å². The van der Waals surface area contributed by atoms with Gasteiger partial charge in [0.05, 0.1) is 0 Å². The number of rotatable bonds is 9. The van der Waals surface area contributed by atoms with Crippen molar-refractivity contribution in [3.63, 3.8) is 0 Å². The Kier molecular flexibility index (Phi) is 9.18. The topological polar surface area (TPSA) is 90.0 Å². The lowest BCUT2D eigenvalue weighted by Crippen LogP contribution is -2.29. The molecular weight excluding hydrogens is 489 g/mol. The highest BCUT2D eigenvalue weighted by atomic mass is 19.4. The molecule has 1 fully saturated rings. The summed E-state index contributed by atoms with van der Waals surface area (Å²) in [4.78, 5) is 22.8. The van der Waals surface area contributed by atoms with Crippen molar-refractivity contribution in [3.8, 4) is 11.8 Å². The van der Waals surface area contributed by atoms with Crippen LogP contribution in [0, 0.1) is 18.8 Å². The number of hydrogen-bond acceptors (Lipinski definition) is 7. The smallest absolute Gasteiger partial charge is 0.422 e. The summed E-state index contributed by atoms with van der Waals surface area (Å²) < 4.78 is 52.2. The van der Waals surface area contributed by atoms with E-state index in [0.717, 1.165) is 69.4 Å². The Hall–Kier alpha value is -2.95. The zero-order valence-corrected chi connectivity index (χ0v) is 21.0. The first-order valence-electron chi connectivity index (χ1n) is 12.8. The minimum atomic E-state index is -4.37. The number of amides is 1. The molecule has 1 aliphatic heterocycles. The monoisotopic (exact) mass is 522 g/mol. The molecule has 3 heterocycles. The van der Waals surface area contributed by atoms with Gasteiger partial charge < -0.3 is 18.9 Å². The lowest BCUT2D eigenvalue weighted by molar-refractivity contribution is -0.154. The third-order valence-corrected chi connectivity index (χ3v) is 6.91. The van der Waals surface area contributed by atoms with Crippen molar-refractivity contribution >= 4 is 12.1 Å². The molecule has 2 aromatic heterocycles. The number of fused-ring (bicyclic) bond motifs is 1. The molecule has 2 aliphatic rings. The molecule has 0 bridgehead atoms. The number of pyridine rings is 1. The van der Waals surface area contributed by atoms with Gasteiger partial charge in [-0.2, -0.15) is 13.2 Å². The Balaban J connectivity index is 1.14. The molecule has 0 N–H and O–H groups in total. The lowest BCUT2D eigenvalue weighted by atomic mass is 9.81. The molecule has 1 amide bonds. The minimum Gasteiger partial charge on any atom is -0.468 e. The molecule has 1 aliphatic carbocycles. The fraction of sp³-hybridized carbons (Fsp3) is 0.615. The summed E-state index contributed by atoms with van der Waals surface area (Å²) in [5.41, 5.74) is 1.91. The molecule has 0 atom stereocenters. The number of ether oxygens (including phenoxy) is 2. The van der Waals surface area contributed by atoms with Crippen LogP contribution in [-0.2, 0) is 17.6 Å². The molecule has 11 heteroatoms. The van der Waals surface area contributed by atoms with Crippen LogP contribution in [0.3, 0.4) is 0 Å². The second-order valence-electron chi connectivity index (χ2n) is 9.81. The zero-order chi connectivity index (χ0) is 26.3. The predicted octanol–water partition coefficient (Wildman–Crippen LogP) is 4.59. The van der Waals surface area contributed by atoms with Gasteiger partial charge in [-0.05, 0) is 74.5 Å². The average Bonchev–Trinajstić information content (AvgIpc) is 3.19. The van der Waals surface area contributed by atoms with Gasteiger partial charge in [-0.25, -0.2) is 9.98 Å². The van der Waals surface area contributed by atoms with E-state index in [4.69, 9.17) is 14.0 Å². The van der Waals surface area contributed by atoms with E-state index in [0.29, 0.717) is 24.0 Å².